The number of anilines is 1. The Morgan fingerprint density at radius 2 is 2.11 bits per heavy atom. The summed E-state index contributed by atoms with van der Waals surface area (Å²) in [4.78, 5) is 27.2. The molecule has 27 heavy (non-hydrogen) atoms. The largest absolute Gasteiger partial charge is 0.325 e. The summed E-state index contributed by atoms with van der Waals surface area (Å²) in [5.74, 6) is 0.506. The second-order valence-electron chi connectivity index (χ2n) is 6.12. The van der Waals surface area contributed by atoms with Gasteiger partial charge in [-0.05, 0) is 30.0 Å². The molecule has 6 nitrogen and oxygen atoms in total. The van der Waals surface area contributed by atoms with Crippen molar-refractivity contribution in [3.05, 3.63) is 58.1 Å². The van der Waals surface area contributed by atoms with E-state index in [1.807, 2.05) is 24.3 Å². The van der Waals surface area contributed by atoms with Gasteiger partial charge in [0.1, 0.15) is 0 Å². The predicted molar refractivity (Wildman–Crippen MR) is 111 cm³/mol. The number of nitro benzene ring substituents is 1. The van der Waals surface area contributed by atoms with Gasteiger partial charge in [-0.1, -0.05) is 43.8 Å². The predicted octanol–water partition coefficient (Wildman–Crippen LogP) is 5.45. The first-order valence-corrected chi connectivity index (χ1v) is 10.3. The molecule has 0 bridgehead atoms. The fraction of sp³-hybridized carbons (Fsp3) is 0.263. The summed E-state index contributed by atoms with van der Waals surface area (Å²) in [7, 11) is 0. The number of rotatable bonds is 7. The van der Waals surface area contributed by atoms with Crippen molar-refractivity contribution in [1.29, 1.82) is 0 Å². The van der Waals surface area contributed by atoms with Gasteiger partial charge in [-0.15, -0.1) is 11.3 Å². The van der Waals surface area contributed by atoms with Crippen LogP contribution in [0.5, 0.6) is 0 Å². The number of thioether (sulfide) groups is 1. The Balaban J connectivity index is 1.66. The van der Waals surface area contributed by atoms with E-state index in [1.165, 1.54) is 35.2 Å². The summed E-state index contributed by atoms with van der Waals surface area (Å²) in [5, 5.41) is 13.9. The maximum Gasteiger partial charge on any atom is 0.270 e. The lowest BCUT2D eigenvalue weighted by atomic mass is 9.97. The monoisotopic (exact) mass is 401 g/mol. The number of non-ortho nitro benzene ring substituents is 1. The van der Waals surface area contributed by atoms with Crippen molar-refractivity contribution in [1.82, 2.24) is 4.98 Å². The number of carbonyl (C=O) groups is 1. The molecule has 0 aliphatic carbocycles. The Bertz CT molecular complexity index is 987. The Morgan fingerprint density at radius 1 is 1.33 bits per heavy atom. The normalized spacial score (nSPS) is 12.1. The van der Waals surface area contributed by atoms with Crippen LogP contribution in [-0.4, -0.2) is 21.6 Å². The third-order valence-corrected chi connectivity index (χ3v) is 6.43. The summed E-state index contributed by atoms with van der Waals surface area (Å²) < 4.78 is 1.46. The molecule has 0 saturated heterocycles. The van der Waals surface area contributed by atoms with Crippen LogP contribution in [0.15, 0.2) is 46.8 Å². The van der Waals surface area contributed by atoms with Gasteiger partial charge in [0.2, 0.25) is 5.91 Å². The maximum atomic E-state index is 12.4. The quantitative estimate of drug-likeness (QED) is 0.323. The van der Waals surface area contributed by atoms with E-state index in [0.29, 0.717) is 11.4 Å². The molecule has 1 heterocycles. The molecule has 0 saturated carbocycles. The third kappa shape index (κ3) is 4.64. The lowest BCUT2D eigenvalue weighted by Crippen LogP contribution is -2.15. The summed E-state index contributed by atoms with van der Waals surface area (Å²) in [6.45, 7) is 4.26. The van der Waals surface area contributed by atoms with Gasteiger partial charge in [0.25, 0.3) is 5.69 Å². The number of hydrogen-bond acceptors (Lipinski definition) is 6. The molecule has 1 amide bonds. The van der Waals surface area contributed by atoms with Crippen LogP contribution in [0, 0.1) is 10.1 Å². The van der Waals surface area contributed by atoms with Crippen LogP contribution in [-0.2, 0) is 4.79 Å². The number of fused-ring (bicyclic) bond motifs is 1. The smallest absolute Gasteiger partial charge is 0.270 e. The Morgan fingerprint density at radius 3 is 2.85 bits per heavy atom. The van der Waals surface area contributed by atoms with E-state index < -0.39 is 4.92 Å². The first-order valence-electron chi connectivity index (χ1n) is 8.54. The Labute approximate surface area is 165 Å². The highest BCUT2D eigenvalue weighted by molar-refractivity contribution is 8.01. The van der Waals surface area contributed by atoms with E-state index in [0.717, 1.165) is 26.7 Å². The van der Waals surface area contributed by atoms with Crippen molar-refractivity contribution in [3.8, 4) is 0 Å². The number of thiazole rings is 1. The standard InChI is InChI=1S/C19H19N3O3S2/c1-3-12(2)14-6-4-5-7-15(14)20-18(23)11-26-19-21-16-9-8-13(22(24)25)10-17(16)27-19/h4-10,12H,3,11H2,1-2H3,(H,20,23)/t12-/m1/s1. The van der Waals surface area contributed by atoms with Crippen molar-refractivity contribution in [3.63, 3.8) is 0 Å². The molecule has 3 aromatic rings. The maximum absolute atomic E-state index is 12.4. The molecule has 0 spiro atoms. The zero-order valence-corrected chi connectivity index (χ0v) is 16.6. The van der Waals surface area contributed by atoms with E-state index in [-0.39, 0.29) is 17.3 Å². The molecule has 0 radical (unpaired) electrons. The highest BCUT2D eigenvalue weighted by Crippen LogP contribution is 2.32. The van der Waals surface area contributed by atoms with Gasteiger partial charge < -0.3 is 5.32 Å². The van der Waals surface area contributed by atoms with Gasteiger partial charge in [0.15, 0.2) is 4.34 Å². The van der Waals surface area contributed by atoms with Crippen LogP contribution in [0.1, 0.15) is 31.7 Å². The number of para-hydroxylation sites is 1. The van der Waals surface area contributed by atoms with Crippen LogP contribution in [0.4, 0.5) is 11.4 Å². The number of amides is 1. The Hall–Kier alpha value is -2.45. The molecular formula is C19H19N3O3S2. The van der Waals surface area contributed by atoms with Gasteiger partial charge in [-0.3, -0.25) is 14.9 Å². The van der Waals surface area contributed by atoms with Crippen molar-refractivity contribution < 1.29 is 9.72 Å². The first-order chi connectivity index (χ1) is 13.0. The fourth-order valence-corrected chi connectivity index (χ4v) is 4.54. The van der Waals surface area contributed by atoms with Crippen molar-refractivity contribution in [2.24, 2.45) is 0 Å². The molecule has 3 rings (SSSR count). The van der Waals surface area contributed by atoms with Gasteiger partial charge >= 0.3 is 0 Å². The highest BCUT2D eigenvalue weighted by atomic mass is 32.2. The molecule has 0 unspecified atom stereocenters. The zero-order valence-electron chi connectivity index (χ0n) is 15.0. The molecular weight excluding hydrogens is 382 g/mol. The molecule has 1 aromatic heterocycles. The SMILES string of the molecule is CC[C@@H](C)c1ccccc1NC(=O)CSc1nc2ccc([N+](=O)[O-])cc2s1. The number of nitrogens with one attached hydrogen (secondary N) is 1. The highest BCUT2D eigenvalue weighted by Gasteiger charge is 2.14. The number of nitro groups is 1. The lowest BCUT2D eigenvalue weighted by molar-refractivity contribution is -0.384. The van der Waals surface area contributed by atoms with Crippen LogP contribution in [0.25, 0.3) is 10.2 Å². The van der Waals surface area contributed by atoms with E-state index in [2.05, 4.69) is 24.1 Å². The Kier molecular flexibility index (Phi) is 6.08. The first kappa shape index (κ1) is 19.3. The molecule has 140 valence electrons. The van der Waals surface area contributed by atoms with Gasteiger partial charge in [-0.25, -0.2) is 4.98 Å². The van der Waals surface area contributed by atoms with E-state index in [4.69, 9.17) is 0 Å². The van der Waals surface area contributed by atoms with Crippen molar-refractivity contribution in [2.45, 2.75) is 30.5 Å². The third-order valence-electron chi connectivity index (χ3n) is 4.27. The fourth-order valence-electron chi connectivity index (χ4n) is 2.64. The minimum absolute atomic E-state index is 0.0436. The number of aromatic nitrogens is 1. The minimum Gasteiger partial charge on any atom is -0.325 e. The van der Waals surface area contributed by atoms with Crippen LogP contribution in [0.3, 0.4) is 0 Å². The summed E-state index contributed by atoms with van der Waals surface area (Å²) in [6.07, 6.45) is 0.999. The number of nitrogens with zero attached hydrogens (tertiary/aromatic N) is 2. The number of benzene rings is 2. The number of hydrogen-bond donors (Lipinski definition) is 1. The summed E-state index contributed by atoms with van der Waals surface area (Å²) in [5.41, 5.74) is 2.72. The van der Waals surface area contributed by atoms with E-state index in [9.17, 15) is 14.9 Å². The molecule has 2 aromatic carbocycles. The number of carbonyl (C=O) groups excluding carboxylic acids is 1. The second kappa shape index (κ2) is 8.49. The van der Waals surface area contributed by atoms with Crippen LogP contribution in [0.2, 0.25) is 0 Å². The minimum atomic E-state index is -0.422. The molecule has 1 N–H and O–H groups in total. The second-order valence-corrected chi connectivity index (χ2v) is 8.38. The van der Waals surface area contributed by atoms with Crippen LogP contribution >= 0.6 is 23.1 Å². The molecule has 1 atom stereocenters. The van der Waals surface area contributed by atoms with E-state index >= 15 is 0 Å². The molecule has 0 aliphatic heterocycles. The molecule has 0 fully saturated rings. The van der Waals surface area contributed by atoms with E-state index in [1.54, 1.807) is 6.07 Å². The van der Waals surface area contributed by atoms with Gasteiger partial charge in [-0.2, -0.15) is 0 Å². The average molecular weight is 402 g/mol. The van der Waals surface area contributed by atoms with Crippen LogP contribution < -0.4 is 5.32 Å². The lowest BCUT2D eigenvalue weighted by Gasteiger charge is -2.15. The molecule has 0 aliphatic rings. The van der Waals surface area contributed by atoms with Gasteiger partial charge in [0.05, 0.1) is 20.9 Å². The van der Waals surface area contributed by atoms with Crippen molar-refractivity contribution >= 4 is 50.6 Å². The zero-order chi connectivity index (χ0) is 19.4. The molecule has 8 heteroatoms. The van der Waals surface area contributed by atoms with Gasteiger partial charge in [0, 0.05) is 17.8 Å². The summed E-state index contributed by atoms with van der Waals surface area (Å²) >= 11 is 2.69. The average Bonchev–Trinajstić information content (AvgIpc) is 3.08. The van der Waals surface area contributed by atoms with Crippen molar-refractivity contribution in [2.75, 3.05) is 11.1 Å². The topological polar surface area (TPSA) is 85.1 Å². The summed E-state index contributed by atoms with van der Waals surface area (Å²) in [6, 6.07) is 12.4.